The Morgan fingerprint density at radius 1 is 0.660 bits per heavy atom. The predicted octanol–water partition coefficient (Wildman–Crippen LogP) is 10.1. The Bertz CT molecular complexity index is 1250. The van der Waals surface area contributed by atoms with Gasteiger partial charge in [-0.2, -0.15) is 0 Å². The van der Waals surface area contributed by atoms with Gasteiger partial charge in [0.15, 0.2) is 6.29 Å². The maximum atomic E-state index is 9.66. The summed E-state index contributed by atoms with van der Waals surface area (Å²) >= 11 is 0. The number of rotatable bonds is 21. The molecular formula is C42H62N2O3. The normalized spacial score (nSPS) is 19.8. The standard InChI is InChI=1S/C42H62N2O3/c1-4-6-8-10-12-14-27-44(28-15-13-11-9-7-5-2)31-40-33(3)41(37-21-19-34(32-45)20-22-37)47-42(46-40)38-25-23-36(24-26-38)39-18-16-17-35(29-39)30-43/h16-26,29,33,40-42,45H,4-15,27-28,30-32,43H2,1-3H3. The SMILES string of the molecule is CCCCCCCCN(CCCCCCCC)CC1OC(c2ccc(-c3cccc(CN)c3)cc2)OC(c2ccc(CO)cc2)C1C. The van der Waals surface area contributed by atoms with Crippen LogP contribution in [0.1, 0.15) is 132 Å². The van der Waals surface area contributed by atoms with Crippen molar-refractivity contribution in [3.8, 4) is 11.1 Å². The highest BCUT2D eigenvalue weighted by atomic mass is 16.7. The fourth-order valence-electron chi connectivity index (χ4n) is 6.82. The molecule has 5 heteroatoms. The van der Waals surface area contributed by atoms with Crippen LogP contribution in [-0.4, -0.2) is 35.7 Å². The van der Waals surface area contributed by atoms with E-state index in [0.29, 0.717) is 6.54 Å². The van der Waals surface area contributed by atoms with E-state index in [0.717, 1.165) is 47.5 Å². The van der Waals surface area contributed by atoms with Gasteiger partial charge >= 0.3 is 0 Å². The molecule has 47 heavy (non-hydrogen) atoms. The summed E-state index contributed by atoms with van der Waals surface area (Å²) in [5.74, 6) is 0.182. The molecule has 1 heterocycles. The zero-order valence-electron chi connectivity index (χ0n) is 29.5. The monoisotopic (exact) mass is 642 g/mol. The van der Waals surface area contributed by atoms with Crippen LogP contribution in [0.15, 0.2) is 72.8 Å². The van der Waals surface area contributed by atoms with Gasteiger partial charge in [0, 0.05) is 24.6 Å². The minimum atomic E-state index is -0.451. The Hall–Kier alpha value is -2.54. The molecule has 1 saturated heterocycles. The van der Waals surface area contributed by atoms with Crippen LogP contribution in [0.2, 0.25) is 0 Å². The lowest BCUT2D eigenvalue weighted by Gasteiger charge is -2.43. The molecule has 1 aliphatic rings. The van der Waals surface area contributed by atoms with Crippen LogP contribution in [0.4, 0.5) is 0 Å². The maximum Gasteiger partial charge on any atom is 0.184 e. The Morgan fingerprint density at radius 2 is 1.26 bits per heavy atom. The molecule has 0 aliphatic carbocycles. The topological polar surface area (TPSA) is 68.0 Å². The van der Waals surface area contributed by atoms with E-state index in [9.17, 15) is 5.11 Å². The molecule has 0 spiro atoms. The molecule has 0 aromatic heterocycles. The van der Waals surface area contributed by atoms with Crippen LogP contribution in [-0.2, 0) is 22.6 Å². The van der Waals surface area contributed by atoms with Crippen molar-refractivity contribution in [3.05, 3.63) is 95.1 Å². The van der Waals surface area contributed by atoms with E-state index in [1.807, 2.05) is 12.1 Å². The second kappa shape index (κ2) is 20.7. The molecule has 1 aliphatic heterocycles. The van der Waals surface area contributed by atoms with Crippen molar-refractivity contribution in [2.75, 3.05) is 19.6 Å². The van der Waals surface area contributed by atoms with Gasteiger partial charge in [0.05, 0.1) is 18.8 Å². The second-order valence-electron chi connectivity index (χ2n) is 13.7. The average molecular weight is 643 g/mol. The zero-order valence-corrected chi connectivity index (χ0v) is 29.5. The van der Waals surface area contributed by atoms with Crippen molar-refractivity contribution >= 4 is 0 Å². The third-order valence-electron chi connectivity index (χ3n) is 9.90. The van der Waals surface area contributed by atoms with E-state index >= 15 is 0 Å². The molecule has 4 unspecified atom stereocenters. The van der Waals surface area contributed by atoms with E-state index in [1.54, 1.807) is 0 Å². The van der Waals surface area contributed by atoms with E-state index < -0.39 is 6.29 Å². The minimum Gasteiger partial charge on any atom is -0.392 e. The third-order valence-corrected chi connectivity index (χ3v) is 9.90. The maximum absolute atomic E-state index is 9.66. The average Bonchev–Trinajstić information content (AvgIpc) is 3.12. The molecule has 3 N–H and O–H groups in total. The first-order chi connectivity index (χ1) is 23.1. The summed E-state index contributed by atoms with van der Waals surface area (Å²) in [6.07, 6.45) is 15.2. The summed E-state index contributed by atoms with van der Waals surface area (Å²) < 4.78 is 13.7. The van der Waals surface area contributed by atoms with Crippen LogP contribution < -0.4 is 5.73 Å². The molecule has 0 bridgehead atoms. The largest absolute Gasteiger partial charge is 0.392 e. The smallest absolute Gasteiger partial charge is 0.184 e. The molecule has 5 nitrogen and oxygen atoms in total. The summed E-state index contributed by atoms with van der Waals surface area (Å²) in [6, 6.07) is 25.3. The van der Waals surface area contributed by atoms with Gasteiger partial charge in [0.25, 0.3) is 0 Å². The molecule has 0 radical (unpaired) electrons. The highest BCUT2D eigenvalue weighted by Crippen LogP contribution is 2.42. The molecular weight excluding hydrogens is 580 g/mol. The first-order valence-corrected chi connectivity index (χ1v) is 18.7. The van der Waals surface area contributed by atoms with Gasteiger partial charge in [-0.1, -0.05) is 152 Å². The summed E-state index contributed by atoms with van der Waals surface area (Å²) in [5.41, 5.74) is 12.5. The number of hydrogen-bond donors (Lipinski definition) is 2. The number of benzene rings is 3. The number of aliphatic hydroxyl groups excluding tert-OH is 1. The number of ether oxygens (including phenoxy) is 2. The minimum absolute atomic E-state index is 0.0392. The van der Waals surface area contributed by atoms with Crippen molar-refractivity contribution in [3.63, 3.8) is 0 Å². The quantitative estimate of drug-likeness (QED) is 0.113. The summed E-state index contributed by atoms with van der Waals surface area (Å²) in [4.78, 5) is 2.68. The first-order valence-electron chi connectivity index (χ1n) is 18.7. The molecule has 3 aromatic rings. The van der Waals surface area contributed by atoms with Gasteiger partial charge in [-0.05, 0) is 59.8 Å². The number of nitrogens with zero attached hydrogens (tertiary/aromatic N) is 1. The Balaban J connectivity index is 1.51. The molecule has 0 amide bonds. The molecule has 0 saturated carbocycles. The van der Waals surface area contributed by atoms with E-state index in [-0.39, 0.29) is 24.7 Å². The zero-order chi connectivity index (χ0) is 33.3. The highest BCUT2D eigenvalue weighted by molar-refractivity contribution is 5.64. The van der Waals surface area contributed by atoms with Crippen molar-refractivity contribution in [2.24, 2.45) is 11.7 Å². The van der Waals surface area contributed by atoms with Crippen LogP contribution in [0, 0.1) is 5.92 Å². The fraction of sp³-hybridized carbons (Fsp3) is 0.571. The summed E-state index contributed by atoms with van der Waals surface area (Å²) in [7, 11) is 0. The van der Waals surface area contributed by atoms with E-state index in [4.69, 9.17) is 15.2 Å². The second-order valence-corrected chi connectivity index (χ2v) is 13.7. The van der Waals surface area contributed by atoms with Crippen molar-refractivity contribution in [1.29, 1.82) is 0 Å². The number of aliphatic hydroxyl groups is 1. The Kier molecular flexibility index (Phi) is 16.5. The van der Waals surface area contributed by atoms with Crippen LogP contribution in [0.5, 0.6) is 0 Å². The summed E-state index contributed by atoms with van der Waals surface area (Å²) in [5, 5.41) is 9.66. The van der Waals surface area contributed by atoms with Gasteiger partial charge in [-0.25, -0.2) is 0 Å². The van der Waals surface area contributed by atoms with Crippen LogP contribution in [0.3, 0.4) is 0 Å². The van der Waals surface area contributed by atoms with Crippen LogP contribution in [0.25, 0.3) is 11.1 Å². The molecule has 3 aromatic carbocycles. The number of unbranched alkanes of at least 4 members (excludes halogenated alkanes) is 10. The Labute approximate surface area is 285 Å². The number of hydrogen-bond acceptors (Lipinski definition) is 5. The summed E-state index contributed by atoms with van der Waals surface area (Å²) in [6.45, 7) is 10.6. The predicted molar refractivity (Wildman–Crippen MR) is 196 cm³/mol. The van der Waals surface area contributed by atoms with Crippen molar-refractivity contribution < 1.29 is 14.6 Å². The van der Waals surface area contributed by atoms with E-state index in [1.165, 1.54) is 82.6 Å². The van der Waals surface area contributed by atoms with Gasteiger partial charge in [-0.15, -0.1) is 0 Å². The van der Waals surface area contributed by atoms with Gasteiger partial charge in [0.1, 0.15) is 0 Å². The van der Waals surface area contributed by atoms with Gasteiger partial charge < -0.3 is 25.2 Å². The molecule has 258 valence electrons. The third kappa shape index (κ3) is 11.8. The van der Waals surface area contributed by atoms with E-state index in [2.05, 4.69) is 86.3 Å². The van der Waals surface area contributed by atoms with Gasteiger partial charge in [0.2, 0.25) is 0 Å². The number of nitrogens with two attached hydrogens (primary N) is 1. The van der Waals surface area contributed by atoms with Crippen molar-refractivity contribution in [1.82, 2.24) is 4.90 Å². The molecule has 4 atom stereocenters. The molecule has 4 rings (SSSR count). The Morgan fingerprint density at radius 3 is 1.85 bits per heavy atom. The lowest BCUT2D eigenvalue weighted by Crippen LogP contribution is -2.45. The molecule has 1 fully saturated rings. The van der Waals surface area contributed by atoms with Crippen LogP contribution >= 0.6 is 0 Å². The fourth-order valence-corrected chi connectivity index (χ4v) is 6.82. The highest BCUT2D eigenvalue weighted by Gasteiger charge is 2.39. The lowest BCUT2D eigenvalue weighted by molar-refractivity contribution is -0.276. The van der Waals surface area contributed by atoms with Crippen molar-refractivity contribution in [2.45, 2.75) is 129 Å². The van der Waals surface area contributed by atoms with Gasteiger partial charge in [-0.3, -0.25) is 0 Å². The first kappa shape index (κ1) is 37.3. The lowest BCUT2D eigenvalue weighted by atomic mass is 9.89.